The van der Waals surface area contributed by atoms with Crippen molar-refractivity contribution in [1.29, 1.82) is 0 Å². The maximum Gasteiger partial charge on any atom is 0.148 e. The zero-order valence-corrected chi connectivity index (χ0v) is 9.54. The minimum atomic E-state index is -0.639. The molecule has 12 heavy (non-hydrogen) atoms. The molecular weight excluding hydrogens is 286 g/mol. The molecule has 5 heteroatoms. The smallest absolute Gasteiger partial charge is 0.148 e. The standard InChI is InChI=1S/C7H4BrCl3O/c8-4-1-3(7(10)11)2-5(9)6(4)12/h1-2,7,12H. The van der Waals surface area contributed by atoms with Crippen molar-refractivity contribution in [3.8, 4) is 5.75 Å². The predicted molar refractivity (Wildman–Crippen MR) is 55.3 cm³/mol. The first-order valence-electron chi connectivity index (χ1n) is 2.98. The number of hydrogen-bond acceptors (Lipinski definition) is 1. The van der Waals surface area contributed by atoms with Crippen molar-refractivity contribution in [2.24, 2.45) is 0 Å². The van der Waals surface area contributed by atoms with Gasteiger partial charge in [-0.1, -0.05) is 11.6 Å². The summed E-state index contributed by atoms with van der Waals surface area (Å²) in [6.45, 7) is 0. The van der Waals surface area contributed by atoms with Crippen LogP contribution in [0.2, 0.25) is 5.02 Å². The van der Waals surface area contributed by atoms with Gasteiger partial charge in [-0.2, -0.15) is 0 Å². The number of rotatable bonds is 1. The van der Waals surface area contributed by atoms with Crippen molar-refractivity contribution in [3.05, 3.63) is 27.2 Å². The minimum Gasteiger partial charge on any atom is -0.505 e. The molecule has 1 aromatic rings. The molecule has 0 heterocycles. The Hall–Kier alpha value is 0.370. The van der Waals surface area contributed by atoms with Crippen molar-refractivity contribution < 1.29 is 5.11 Å². The van der Waals surface area contributed by atoms with Crippen LogP contribution in [0.4, 0.5) is 0 Å². The summed E-state index contributed by atoms with van der Waals surface area (Å²) in [7, 11) is 0. The van der Waals surface area contributed by atoms with E-state index in [1.807, 2.05) is 0 Å². The third kappa shape index (κ3) is 2.19. The molecule has 0 fully saturated rings. The zero-order chi connectivity index (χ0) is 9.30. The molecule has 0 aliphatic carbocycles. The molecule has 0 atom stereocenters. The monoisotopic (exact) mass is 288 g/mol. The SMILES string of the molecule is Oc1c(Cl)cc(C(Cl)Cl)cc1Br. The highest BCUT2D eigenvalue weighted by Crippen LogP contribution is 2.37. The van der Waals surface area contributed by atoms with Crippen LogP contribution < -0.4 is 0 Å². The maximum absolute atomic E-state index is 9.25. The maximum atomic E-state index is 9.25. The summed E-state index contributed by atoms with van der Waals surface area (Å²) in [5.74, 6) is -0.00519. The van der Waals surface area contributed by atoms with Crippen LogP contribution in [0, 0.1) is 0 Å². The third-order valence-corrected chi connectivity index (χ3v) is 2.69. The van der Waals surface area contributed by atoms with Gasteiger partial charge in [0, 0.05) is 0 Å². The Balaban J connectivity index is 3.21. The summed E-state index contributed by atoms with van der Waals surface area (Å²) in [5.41, 5.74) is 0.646. The Kier molecular flexibility index (Phi) is 3.53. The molecule has 66 valence electrons. The lowest BCUT2D eigenvalue weighted by Gasteiger charge is -2.05. The van der Waals surface area contributed by atoms with Gasteiger partial charge in [-0.15, -0.1) is 23.2 Å². The largest absolute Gasteiger partial charge is 0.505 e. The second-order valence-corrected chi connectivity index (χ2v) is 4.49. The quantitative estimate of drug-likeness (QED) is 0.765. The number of aromatic hydroxyl groups is 1. The predicted octanol–water partition coefficient (Wildman–Crippen LogP) is 4.28. The Morgan fingerprint density at radius 2 is 1.92 bits per heavy atom. The molecule has 0 unspecified atom stereocenters. The highest BCUT2D eigenvalue weighted by atomic mass is 79.9. The minimum absolute atomic E-state index is 0.00519. The van der Waals surface area contributed by atoms with Gasteiger partial charge in [-0.05, 0) is 33.6 Å². The van der Waals surface area contributed by atoms with Crippen LogP contribution in [0.5, 0.6) is 5.75 Å². The number of benzene rings is 1. The molecule has 1 rings (SSSR count). The molecule has 0 saturated carbocycles. The number of phenols is 1. The lowest BCUT2D eigenvalue weighted by molar-refractivity contribution is 0.472. The van der Waals surface area contributed by atoms with E-state index in [0.29, 0.717) is 10.0 Å². The van der Waals surface area contributed by atoms with Gasteiger partial charge >= 0.3 is 0 Å². The molecule has 0 aliphatic heterocycles. The lowest BCUT2D eigenvalue weighted by atomic mass is 10.2. The Bertz CT molecular complexity index is 278. The number of halogens is 4. The van der Waals surface area contributed by atoms with Crippen molar-refractivity contribution in [2.45, 2.75) is 4.84 Å². The van der Waals surface area contributed by atoms with E-state index in [2.05, 4.69) is 15.9 Å². The Labute approximate surface area is 93.4 Å². The highest BCUT2D eigenvalue weighted by Gasteiger charge is 2.10. The fourth-order valence-electron chi connectivity index (χ4n) is 0.711. The summed E-state index contributed by atoms with van der Waals surface area (Å²) in [5, 5.41) is 9.48. The molecule has 1 nitrogen and oxygen atoms in total. The van der Waals surface area contributed by atoms with Crippen molar-refractivity contribution in [3.63, 3.8) is 0 Å². The summed E-state index contributed by atoms with van der Waals surface area (Å²) in [4.78, 5) is -0.639. The van der Waals surface area contributed by atoms with Crippen LogP contribution in [-0.4, -0.2) is 5.11 Å². The van der Waals surface area contributed by atoms with Gasteiger partial charge in [0.1, 0.15) is 10.6 Å². The van der Waals surface area contributed by atoms with E-state index in [0.717, 1.165) is 0 Å². The molecule has 0 aliphatic rings. The summed E-state index contributed by atoms with van der Waals surface area (Å²) in [6, 6.07) is 3.14. The van der Waals surface area contributed by atoms with E-state index in [1.54, 1.807) is 6.07 Å². The van der Waals surface area contributed by atoms with Gasteiger partial charge in [0.15, 0.2) is 0 Å². The molecule has 0 aromatic heterocycles. The highest BCUT2D eigenvalue weighted by molar-refractivity contribution is 9.10. The summed E-state index contributed by atoms with van der Waals surface area (Å²) < 4.78 is 0.483. The first-order valence-corrected chi connectivity index (χ1v) is 5.03. The van der Waals surface area contributed by atoms with Crippen LogP contribution in [0.15, 0.2) is 16.6 Å². The fourth-order valence-corrected chi connectivity index (χ4v) is 1.78. The molecular formula is C7H4BrCl3O. The Morgan fingerprint density at radius 3 is 2.33 bits per heavy atom. The van der Waals surface area contributed by atoms with E-state index in [4.69, 9.17) is 34.8 Å². The second kappa shape index (κ2) is 4.05. The normalized spacial score (nSPS) is 10.8. The molecule has 0 saturated heterocycles. The molecule has 1 N–H and O–H groups in total. The second-order valence-electron chi connectivity index (χ2n) is 2.13. The van der Waals surface area contributed by atoms with Crippen LogP contribution in [-0.2, 0) is 0 Å². The first kappa shape index (κ1) is 10.5. The van der Waals surface area contributed by atoms with E-state index in [-0.39, 0.29) is 10.8 Å². The van der Waals surface area contributed by atoms with Crippen molar-refractivity contribution >= 4 is 50.7 Å². The summed E-state index contributed by atoms with van der Waals surface area (Å²) in [6.07, 6.45) is 0. The molecule has 1 aromatic carbocycles. The van der Waals surface area contributed by atoms with Gasteiger partial charge in [-0.3, -0.25) is 0 Å². The van der Waals surface area contributed by atoms with Crippen LogP contribution >= 0.6 is 50.7 Å². The molecule has 0 radical (unpaired) electrons. The van der Waals surface area contributed by atoms with E-state index >= 15 is 0 Å². The average Bonchev–Trinajstić information content (AvgIpc) is 1.99. The van der Waals surface area contributed by atoms with Crippen LogP contribution in [0.25, 0.3) is 0 Å². The third-order valence-electron chi connectivity index (χ3n) is 1.29. The van der Waals surface area contributed by atoms with Gasteiger partial charge in [0.05, 0.1) is 9.50 Å². The van der Waals surface area contributed by atoms with E-state index < -0.39 is 4.84 Å². The molecule has 0 spiro atoms. The van der Waals surface area contributed by atoms with Gasteiger partial charge < -0.3 is 5.11 Å². The van der Waals surface area contributed by atoms with Gasteiger partial charge in [0.2, 0.25) is 0 Å². The van der Waals surface area contributed by atoms with Crippen molar-refractivity contribution in [1.82, 2.24) is 0 Å². The summed E-state index contributed by atoms with van der Waals surface area (Å²) >= 11 is 20.0. The lowest BCUT2D eigenvalue weighted by Crippen LogP contribution is -1.82. The van der Waals surface area contributed by atoms with Gasteiger partial charge in [0.25, 0.3) is 0 Å². The number of alkyl halides is 2. The van der Waals surface area contributed by atoms with E-state index in [9.17, 15) is 5.11 Å². The van der Waals surface area contributed by atoms with E-state index in [1.165, 1.54) is 6.07 Å². The zero-order valence-electron chi connectivity index (χ0n) is 5.69. The van der Waals surface area contributed by atoms with Gasteiger partial charge in [-0.25, -0.2) is 0 Å². The molecule has 0 amide bonds. The fraction of sp³-hybridized carbons (Fsp3) is 0.143. The molecule has 0 bridgehead atoms. The first-order chi connectivity index (χ1) is 5.52. The number of hydrogen-bond donors (Lipinski definition) is 1. The van der Waals surface area contributed by atoms with Crippen LogP contribution in [0.3, 0.4) is 0 Å². The van der Waals surface area contributed by atoms with Crippen molar-refractivity contribution in [2.75, 3.05) is 0 Å². The Morgan fingerprint density at radius 1 is 1.33 bits per heavy atom. The number of phenolic OH excluding ortho intramolecular Hbond substituents is 1. The average molecular weight is 290 g/mol. The topological polar surface area (TPSA) is 20.2 Å². The van der Waals surface area contributed by atoms with Crippen LogP contribution in [0.1, 0.15) is 10.4 Å².